The van der Waals surface area contributed by atoms with Crippen molar-refractivity contribution in [2.24, 2.45) is 0 Å². The van der Waals surface area contributed by atoms with Crippen molar-refractivity contribution in [1.29, 1.82) is 0 Å². The SMILES string of the molecule is CNC(=O)CN1C(=O)CS(=O)c2ccc(C(C)=O)cc21. The largest absolute Gasteiger partial charge is 0.358 e. The average Bonchev–Trinajstić information content (AvgIpc) is 2.42. The van der Waals surface area contributed by atoms with E-state index in [1.54, 1.807) is 12.1 Å². The first-order valence-electron chi connectivity index (χ1n) is 5.98. The van der Waals surface area contributed by atoms with Crippen LogP contribution in [0.4, 0.5) is 5.69 Å². The highest BCUT2D eigenvalue weighted by molar-refractivity contribution is 7.86. The van der Waals surface area contributed by atoms with Crippen LogP contribution in [0.5, 0.6) is 0 Å². The number of amides is 2. The minimum Gasteiger partial charge on any atom is -0.358 e. The molecule has 0 radical (unpaired) electrons. The van der Waals surface area contributed by atoms with Crippen LogP contribution in [-0.4, -0.2) is 41.2 Å². The Labute approximate surface area is 118 Å². The number of nitrogens with zero attached hydrogens (tertiary/aromatic N) is 1. The molecule has 1 aliphatic rings. The van der Waals surface area contributed by atoms with Gasteiger partial charge in [0.05, 0.1) is 21.4 Å². The molecule has 1 heterocycles. The van der Waals surface area contributed by atoms with E-state index < -0.39 is 10.8 Å². The molecule has 2 amide bonds. The number of fused-ring (bicyclic) bond motifs is 1. The van der Waals surface area contributed by atoms with Gasteiger partial charge in [-0.25, -0.2) is 0 Å². The van der Waals surface area contributed by atoms with Crippen LogP contribution >= 0.6 is 0 Å². The number of Topliss-reactive ketones (excluding diaryl/α,β-unsaturated/α-hetero) is 1. The molecule has 1 aromatic carbocycles. The Kier molecular flexibility index (Phi) is 3.99. The summed E-state index contributed by atoms with van der Waals surface area (Å²) >= 11 is 0. The molecule has 20 heavy (non-hydrogen) atoms. The second-order valence-corrected chi connectivity index (χ2v) is 5.80. The minimum absolute atomic E-state index is 0.149. The number of carbonyl (C=O) groups excluding carboxylic acids is 3. The van der Waals surface area contributed by atoms with Crippen LogP contribution in [0.3, 0.4) is 0 Å². The lowest BCUT2D eigenvalue weighted by Crippen LogP contribution is -2.44. The van der Waals surface area contributed by atoms with Gasteiger partial charge in [-0.3, -0.25) is 18.6 Å². The Bertz CT molecular complexity index is 627. The molecule has 0 spiro atoms. The summed E-state index contributed by atoms with van der Waals surface area (Å²) in [5, 5.41) is 2.44. The first-order chi connectivity index (χ1) is 9.43. The Hall–Kier alpha value is -2.02. The number of benzene rings is 1. The molecule has 6 nitrogen and oxygen atoms in total. The topological polar surface area (TPSA) is 83.6 Å². The molecular weight excluding hydrogens is 280 g/mol. The van der Waals surface area contributed by atoms with Gasteiger partial charge in [-0.05, 0) is 19.1 Å². The van der Waals surface area contributed by atoms with E-state index in [0.29, 0.717) is 16.1 Å². The molecule has 106 valence electrons. The lowest BCUT2D eigenvalue weighted by atomic mass is 10.1. The Morgan fingerprint density at radius 3 is 2.70 bits per heavy atom. The molecular formula is C13H14N2O4S. The predicted octanol–water partition coefficient (Wildman–Crippen LogP) is 0.0894. The number of hydrogen-bond acceptors (Lipinski definition) is 4. The first kappa shape index (κ1) is 14.4. The fraction of sp³-hybridized carbons (Fsp3) is 0.308. The van der Waals surface area contributed by atoms with Gasteiger partial charge in [0.25, 0.3) is 0 Å². The number of carbonyl (C=O) groups is 3. The van der Waals surface area contributed by atoms with E-state index in [2.05, 4.69) is 5.32 Å². The van der Waals surface area contributed by atoms with E-state index in [1.807, 2.05) is 0 Å². The highest BCUT2D eigenvalue weighted by Gasteiger charge is 2.30. The Morgan fingerprint density at radius 2 is 2.10 bits per heavy atom. The monoisotopic (exact) mass is 294 g/mol. The fourth-order valence-corrected chi connectivity index (χ4v) is 3.10. The van der Waals surface area contributed by atoms with Gasteiger partial charge in [0.1, 0.15) is 12.3 Å². The zero-order chi connectivity index (χ0) is 14.9. The smallest absolute Gasteiger partial charge is 0.240 e. The molecule has 1 N–H and O–H groups in total. The van der Waals surface area contributed by atoms with E-state index in [9.17, 15) is 18.6 Å². The number of ketones is 1. The van der Waals surface area contributed by atoms with Gasteiger partial charge in [0.15, 0.2) is 5.78 Å². The van der Waals surface area contributed by atoms with Crippen molar-refractivity contribution in [2.75, 3.05) is 24.2 Å². The van der Waals surface area contributed by atoms with Crippen LogP contribution in [-0.2, 0) is 20.4 Å². The van der Waals surface area contributed by atoms with Crippen LogP contribution in [0.15, 0.2) is 23.1 Å². The van der Waals surface area contributed by atoms with Gasteiger partial charge >= 0.3 is 0 Å². The summed E-state index contributed by atoms with van der Waals surface area (Å²) in [5.41, 5.74) is 0.785. The first-order valence-corrected chi connectivity index (χ1v) is 7.30. The zero-order valence-corrected chi connectivity index (χ0v) is 12.0. The van der Waals surface area contributed by atoms with Gasteiger partial charge in [0, 0.05) is 12.6 Å². The van der Waals surface area contributed by atoms with E-state index in [1.165, 1.54) is 24.9 Å². The van der Waals surface area contributed by atoms with Crippen molar-refractivity contribution >= 4 is 34.1 Å². The third kappa shape index (κ3) is 2.62. The van der Waals surface area contributed by atoms with Crippen molar-refractivity contribution < 1.29 is 18.6 Å². The maximum Gasteiger partial charge on any atom is 0.240 e. The van der Waals surface area contributed by atoms with Crippen LogP contribution < -0.4 is 10.2 Å². The Morgan fingerprint density at radius 1 is 1.40 bits per heavy atom. The summed E-state index contributed by atoms with van der Waals surface area (Å²) in [6.45, 7) is 1.26. The molecule has 0 saturated heterocycles. The number of nitrogens with one attached hydrogen (secondary N) is 1. The van der Waals surface area contributed by atoms with Crippen molar-refractivity contribution in [2.45, 2.75) is 11.8 Å². The second kappa shape index (κ2) is 5.54. The molecule has 1 aromatic rings. The summed E-state index contributed by atoms with van der Waals surface area (Å²) in [5.74, 6) is -1.02. The van der Waals surface area contributed by atoms with Crippen molar-refractivity contribution in [3.05, 3.63) is 23.8 Å². The predicted molar refractivity (Wildman–Crippen MR) is 74.1 cm³/mol. The van der Waals surface area contributed by atoms with Gasteiger partial charge < -0.3 is 10.2 Å². The highest BCUT2D eigenvalue weighted by Crippen LogP contribution is 2.30. The number of anilines is 1. The summed E-state index contributed by atoms with van der Waals surface area (Å²) in [4.78, 5) is 36.6. The van der Waals surface area contributed by atoms with Gasteiger partial charge in [-0.15, -0.1) is 0 Å². The van der Waals surface area contributed by atoms with Crippen LogP contribution in [0.2, 0.25) is 0 Å². The number of rotatable bonds is 3. The highest BCUT2D eigenvalue weighted by atomic mass is 32.2. The number of likely N-dealkylation sites (N-methyl/N-ethyl adjacent to an activating group) is 1. The van der Waals surface area contributed by atoms with E-state index in [4.69, 9.17) is 0 Å². The van der Waals surface area contributed by atoms with E-state index >= 15 is 0 Å². The molecule has 1 unspecified atom stereocenters. The summed E-state index contributed by atoms with van der Waals surface area (Å²) in [7, 11) is 0.0356. The lowest BCUT2D eigenvalue weighted by Gasteiger charge is -2.28. The summed E-state index contributed by atoms with van der Waals surface area (Å²) in [6.07, 6.45) is 0. The molecule has 2 rings (SSSR count). The molecule has 0 saturated carbocycles. The van der Waals surface area contributed by atoms with Gasteiger partial charge in [-0.1, -0.05) is 6.07 Å². The number of hydrogen-bond donors (Lipinski definition) is 1. The van der Waals surface area contributed by atoms with Gasteiger partial charge in [-0.2, -0.15) is 0 Å². The lowest BCUT2D eigenvalue weighted by molar-refractivity contribution is -0.122. The molecule has 7 heteroatoms. The normalized spacial score (nSPS) is 17.6. The zero-order valence-electron chi connectivity index (χ0n) is 11.1. The van der Waals surface area contributed by atoms with Gasteiger partial charge in [0.2, 0.25) is 11.8 Å². The second-order valence-electron chi connectivity index (χ2n) is 4.38. The van der Waals surface area contributed by atoms with Crippen LogP contribution in [0.1, 0.15) is 17.3 Å². The molecule has 0 bridgehead atoms. The van der Waals surface area contributed by atoms with Crippen molar-refractivity contribution in [3.8, 4) is 0 Å². The standard InChI is InChI=1S/C13H14N2O4S/c1-8(16)9-3-4-11-10(5-9)15(6-12(17)14-2)13(18)7-20(11)19/h3-5H,6-7H2,1-2H3,(H,14,17). The Balaban J connectivity index is 2.50. The molecule has 0 fully saturated rings. The maximum absolute atomic E-state index is 12.0. The van der Waals surface area contributed by atoms with Crippen molar-refractivity contribution in [3.63, 3.8) is 0 Å². The summed E-state index contributed by atoms with van der Waals surface area (Å²) < 4.78 is 12.0. The quantitative estimate of drug-likeness (QED) is 0.801. The summed E-state index contributed by atoms with van der Waals surface area (Å²) in [6, 6.07) is 4.66. The third-order valence-corrected chi connectivity index (χ3v) is 4.38. The van der Waals surface area contributed by atoms with Crippen LogP contribution in [0.25, 0.3) is 0 Å². The molecule has 1 aliphatic heterocycles. The minimum atomic E-state index is -1.44. The van der Waals surface area contributed by atoms with Crippen molar-refractivity contribution in [1.82, 2.24) is 5.32 Å². The van der Waals surface area contributed by atoms with E-state index in [-0.39, 0.29) is 29.9 Å². The third-order valence-electron chi connectivity index (χ3n) is 3.04. The molecule has 1 atom stereocenters. The van der Waals surface area contributed by atoms with Crippen LogP contribution in [0, 0.1) is 0 Å². The van der Waals surface area contributed by atoms with E-state index in [0.717, 1.165) is 0 Å². The maximum atomic E-state index is 12.0. The fourth-order valence-electron chi connectivity index (χ4n) is 1.94. The molecule has 0 aromatic heterocycles. The molecule has 0 aliphatic carbocycles. The average molecular weight is 294 g/mol.